The monoisotopic (exact) mass is 260 g/mol. The molecule has 0 spiro atoms. The number of aromatic nitrogens is 1. The van der Waals surface area contributed by atoms with Crippen LogP contribution < -0.4 is 15.2 Å². The Balaban J connectivity index is 2.16. The first-order valence-corrected chi connectivity index (χ1v) is 6.95. The summed E-state index contributed by atoms with van der Waals surface area (Å²) in [6.07, 6.45) is 4.43. The molecule has 2 N–H and O–H groups in total. The molecule has 2 aromatic rings. The minimum absolute atomic E-state index is 0.623. The van der Waals surface area contributed by atoms with Crippen LogP contribution in [0.15, 0.2) is 18.3 Å². The fourth-order valence-electron chi connectivity index (χ4n) is 2.69. The summed E-state index contributed by atoms with van der Waals surface area (Å²) in [6, 6.07) is 4.19. The van der Waals surface area contributed by atoms with Crippen LogP contribution in [-0.2, 0) is 13.0 Å². The van der Waals surface area contributed by atoms with Crippen LogP contribution in [0.4, 0.5) is 0 Å². The SMILES string of the molecule is CCCc1cn(CCN)c2cc3c(cc12)OCCO3. The van der Waals surface area contributed by atoms with Gasteiger partial charge >= 0.3 is 0 Å². The highest BCUT2D eigenvalue weighted by molar-refractivity contribution is 5.87. The number of aryl methyl sites for hydroxylation is 1. The van der Waals surface area contributed by atoms with Crippen molar-refractivity contribution < 1.29 is 9.47 Å². The van der Waals surface area contributed by atoms with E-state index in [0.717, 1.165) is 30.9 Å². The number of nitrogens with zero attached hydrogens (tertiary/aromatic N) is 1. The fourth-order valence-corrected chi connectivity index (χ4v) is 2.69. The van der Waals surface area contributed by atoms with E-state index in [1.165, 1.54) is 16.5 Å². The summed E-state index contributed by atoms with van der Waals surface area (Å²) < 4.78 is 13.6. The normalized spacial score (nSPS) is 14.0. The number of hydrogen-bond acceptors (Lipinski definition) is 3. The lowest BCUT2D eigenvalue weighted by molar-refractivity contribution is 0.172. The highest BCUT2D eigenvalue weighted by atomic mass is 16.6. The molecule has 4 nitrogen and oxygen atoms in total. The Morgan fingerprint density at radius 3 is 2.63 bits per heavy atom. The lowest BCUT2D eigenvalue weighted by Crippen LogP contribution is -2.15. The first-order valence-electron chi connectivity index (χ1n) is 6.95. The van der Waals surface area contributed by atoms with Gasteiger partial charge in [0, 0.05) is 30.7 Å². The molecule has 0 fully saturated rings. The van der Waals surface area contributed by atoms with Crippen LogP contribution >= 0.6 is 0 Å². The Morgan fingerprint density at radius 2 is 1.95 bits per heavy atom. The summed E-state index contributed by atoms with van der Waals surface area (Å²) in [5.74, 6) is 1.71. The maximum absolute atomic E-state index is 5.70. The van der Waals surface area contributed by atoms with E-state index >= 15 is 0 Å². The highest BCUT2D eigenvalue weighted by Crippen LogP contribution is 2.36. The van der Waals surface area contributed by atoms with Gasteiger partial charge < -0.3 is 19.8 Å². The Labute approximate surface area is 113 Å². The highest BCUT2D eigenvalue weighted by Gasteiger charge is 2.16. The molecule has 0 amide bonds. The summed E-state index contributed by atoms with van der Waals surface area (Å²) in [6.45, 7) is 4.93. The Kier molecular flexibility index (Phi) is 3.34. The Bertz CT molecular complexity index is 539. The van der Waals surface area contributed by atoms with Gasteiger partial charge in [-0.3, -0.25) is 0 Å². The van der Waals surface area contributed by atoms with E-state index in [1.54, 1.807) is 0 Å². The third-order valence-electron chi connectivity index (χ3n) is 3.52. The minimum Gasteiger partial charge on any atom is -0.486 e. The van der Waals surface area contributed by atoms with Gasteiger partial charge in [-0.2, -0.15) is 0 Å². The van der Waals surface area contributed by atoms with Crippen molar-refractivity contribution >= 4 is 10.9 Å². The first kappa shape index (κ1) is 12.4. The molecule has 1 aromatic carbocycles. The van der Waals surface area contributed by atoms with Crippen LogP contribution in [0.5, 0.6) is 11.5 Å². The molecular weight excluding hydrogens is 240 g/mol. The van der Waals surface area contributed by atoms with Gasteiger partial charge in [0.05, 0.1) is 5.52 Å². The Morgan fingerprint density at radius 1 is 1.21 bits per heavy atom. The summed E-state index contributed by atoms with van der Waals surface area (Å²) in [5, 5.41) is 1.26. The second-order valence-electron chi connectivity index (χ2n) is 4.90. The quantitative estimate of drug-likeness (QED) is 0.917. The first-order chi connectivity index (χ1) is 9.33. The van der Waals surface area contributed by atoms with E-state index in [1.807, 2.05) is 0 Å². The molecular formula is C15H20N2O2. The molecule has 0 bridgehead atoms. The van der Waals surface area contributed by atoms with Crippen LogP contribution in [0.3, 0.4) is 0 Å². The zero-order valence-electron chi connectivity index (χ0n) is 11.3. The van der Waals surface area contributed by atoms with Crippen molar-refractivity contribution in [2.75, 3.05) is 19.8 Å². The summed E-state index contributed by atoms with van der Waals surface area (Å²) >= 11 is 0. The minimum atomic E-state index is 0.623. The molecule has 0 aliphatic carbocycles. The molecule has 0 unspecified atom stereocenters. The van der Waals surface area contributed by atoms with E-state index in [4.69, 9.17) is 15.2 Å². The van der Waals surface area contributed by atoms with Crippen molar-refractivity contribution in [3.8, 4) is 11.5 Å². The number of benzene rings is 1. The van der Waals surface area contributed by atoms with Crippen molar-refractivity contribution in [1.29, 1.82) is 0 Å². The number of rotatable bonds is 4. The van der Waals surface area contributed by atoms with Crippen LogP contribution in [0.25, 0.3) is 10.9 Å². The molecule has 0 atom stereocenters. The van der Waals surface area contributed by atoms with E-state index < -0.39 is 0 Å². The number of nitrogens with two attached hydrogens (primary N) is 1. The molecule has 0 radical (unpaired) electrons. The average molecular weight is 260 g/mol. The van der Waals surface area contributed by atoms with Gasteiger partial charge in [0.25, 0.3) is 0 Å². The maximum Gasteiger partial charge on any atom is 0.163 e. The molecule has 102 valence electrons. The summed E-state index contributed by atoms with van der Waals surface area (Å²) in [5.41, 5.74) is 8.25. The van der Waals surface area contributed by atoms with Gasteiger partial charge in [0.2, 0.25) is 0 Å². The number of ether oxygens (including phenoxy) is 2. The largest absolute Gasteiger partial charge is 0.486 e. The third-order valence-corrected chi connectivity index (χ3v) is 3.52. The topological polar surface area (TPSA) is 49.4 Å². The molecule has 1 aliphatic heterocycles. The zero-order valence-corrected chi connectivity index (χ0v) is 11.3. The summed E-state index contributed by atoms with van der Waals surface area (Å²) in [4.78, 5) is 0. The molecule has 19 heavy (non-hydrogen) atoms. The van der Waals surface area contributed by atoms with Crippen molar-refractivity contribution in [2.24, 2.45) is 5.73 Å². The number of fused-ring (bicyclic) bond motifs is 2. The maximum atomic E-state index is 5.70. The second-order valence-corrected chi connectivity index (χ2v) is 4.90. The van der Waals surface area contributed by atoms with Crippen molar-refractivity contribution in [2.45, 2.75) is 26.3 Å². The molecule has 0 saturated heterocycles. The molecule has 1 aliphatic rings. The fraction of sp³-hybridized carbons (Fsp3) is 0.467. The average Bonchev–Trinajstić information content (AvgIpc) is 2.75. The second kappa shape index (κ2) is 5.13. The van der Waals surface area contributed by atoms with Gasteiger partial charge in [0.1, 0.15) is 13.2 Å². The van der Waals surface area contributed by atoms with E-state index in [9.17, 15) is 0 Å². The smallest absolute Gasteiger partial charge is 0.163 e. The van der Waals surface area contributed by atoms with Crippen LogP contribution in [0, 0.1) is 0 Å². The standard InChI is InChI=1S/C15H20N2O2/c1-2-3-11-10-17(5-4-16)13-9-15-14(8-12(11)13)18-6-7-19-15/h8-10H,2-7,16H2,1H3. The predicted molar refractivity (Wildman–Crippen MR) is 76.0 cm³/mol. The third kappa shape index (κ3) is 2.16. The zero-order chi connectivity index (χ0) is 13.2. The molecule has 4 heteroatoms. The van der Waals surface area contributed by atoms with Gasteiger partial charge in [-0.05, 0) is 18.1 Å². The van der Waals surface area contributed by atoms with E-state index in [2.05, 4.69) is 29.8 Å². The summed E-state index contributed by atoms with van der Waals surface area (Å²) in [7, 11) is 0. The van der Waals surface area contributed by atoms with E-state index in [-0.39, 0.29) is 0 Å². The Hall–Kier alpha value is -1.68. The van der Waals surface area contributed by atoms with Crippen LogP contribution in [0.1, 0.15) is 18.9 Å². The molecule has 1 aromatic heterocycles. The van der Waals surface area contributed by atoms with Crippen molar-refractivity contribution in [3.63, 3.8) is 0 Å². The molecule has 0 saturated carbocycles. The van der Waals surface area contributed by atoms with Crippen LogP contribution in [0.2, 0.25) is 0 Å². The van der Waals surface area contributed by atoms with Gasteiger partial charge in [-0.25, -0.2) is 0 Å². The predicted octanol–water partition coefficient (Wildman–Crippen LogP) is 2.32. The van der Waals surface area contributed by atoms with Crippen molar-refractivity contribution in [3.05, 3.63) is 23.9 Å². The van der Waals surface area contributed by atoms with E-state index in [0.29, 0.717) is 19.8 Å². The van der Waals surface area contributed by atoms with Crippen molar-refractivity contribution in [1.82, 2.24) is 4.57 Å². The van der Waals surface area contributed by atoms with Gasteiger partial charge in [-0.15, -0.1) is 0 Å². The van der Waals surface area contributed by atoms with Gasteiger partial charge in [0.15, 0.2) is 11.5 Å². The number of hydrogen-bond donors (Lipinski definition) is 1. The van der Waals surface area contributed by atoms with Gasteiger partial charge in [-0.1, -0.05) is 13.3 Å². The molecule has 2 heterocycles. The lowest BCUT2D eigenvalue weighted by Gasteiger charge is -2.18. The van der Waals surface area contributed by atoms with Crippen LogP contribution in [-0.4, -0.2) is 24.3 Å². The molecule has 3 rings (SSSR count). The lowest BCUT2D eigenvalue weighted by atomic mass is 10.1.